The van der Waals surface area contributed by atoms with Gasteiger partial charge in [0.05, 0.1) is 10.3 Å². The third-order valence-electron chi connectivity index (χ3n) is 6.10. The highest BCUT2D eigenvalue weighted by Crippen LogP contribution is 2.33. The minimum atomic E-state index is -0.398. The number of thiophene rings is 1. The van der Waals surface area contributed by atoms with Crippen LogP contribution in [0.4, 0.5) is 5.69 Å². The lowest BCUT2D eigenvalue weighted by atomic mass is 10.2. The molecular weight excluding hydrogens is 480 g/mol. The van der Waals surface area contributed by atoms with Crippen LogP contribution in [0.25, 0.3) is 27.3 Å². The zero-order valence-corrected chi connectivity index (χ0v) is 21.2. The third-order valence-corrected chi connectivity index (χ3v) is 8.22. The average Bonchev–Trinajstić information content (AvgIpc) is 3.29. The van der Waals surface area contributed by atoms with Gasteiger partial charge in [0.2, 0.25) is 0 Å². The summed E-state index contributed by atoms with van der Waals surface area (Å²) in [6.45, 7) is 8.03. The van der Waals surface area contributed by atoms with Crippen molar-refractivity contribution < 1.29 is 4.92 Å². The zero-order valence-electron chi connectivity index (χ0n) is 19.6. The molecule has 0 saturated carbocycles. The van der Waals surface area contributed by atoms with Gasteiger partial charge in [-0.25, -0.2) is 4.98 Å². The number of nitrogens with zero attached hydrogens (tertiary/aromatic N) is 3. The van der Waals surface area contributed by atoms with Crippen LogP contribution in [-0.4, -0.2) is 19.5 Å². The molecule has 0 spiro atoms. The van der Waals surface area contributed by atoms with Gasteiger partial charge in [-0.3, -0.25) is 14.9 Å². The fourth-order valence-corrected chi connectivity index (χ4v) is 6.06. The number of nitro benzene ring substituents is 1. The van der Waals surface area contributed by atoms with Crippen LogP contribution >= 0.6 is 23.1 Å². The fourth-order valence-electron chi connectivity index (χ4n) is 4.22. The molecule has 0 aliphatic rings. The number of fused-ring (bicyclic) bond motifs is 1. The van der Waals surface area contributed by atoms with Gasteiger partial charge in [0.15, 0.2) is 0 Å². The lowest BCUT2D eigenvalue weighted by molar-refractivity contribution is -0.384. The van der Waals surface area contributed by atoms with Gasteiger partial charge in [0, 0.05) is 49.4 Å². The lowest BCUT2D eigenvalue weighted by Gasteiger charge is -2.11. The van der Waals surface area contributed by atoms with Crippen molar-refractivity contribution in [2.24, 2.45) is 0 Å². The van der Waals surface area contributed by atoms with E-state index in [1.54, 1.807) is 35.2 Å². The number of non-ortho nitro benzene ring substituents is 1. The van der Waals surface area contributed by atoms with Gasteiger partial charge >= 0.3 is 0 Å². The first-order chi connectivity index (χ1) is 16.7. The second-order valence-corrected chi connectivity index (χ2v) is 10.7. The molecule has 0 atom stereocenters. The molecule has 5 aromatic rings. The minimum Gasteiger partial charge on any atom is -0.318 e. The number of aryl methyl sites for hydroxylation is 3. The summed E-state index contributed by atoms with van der Waals surface area (Å²) in [6, 6.07) is 16.7. The number of H-pyrrole nitrogens is 1. The molecule has 176 valence electrons. The van der Waals surface area contributed by atoms with Crippen LogP contribution in [0, 0.1) is 37.8 Å². The summed E-state index contributed by atoms with van der Waals surface area (Å²) in [4.78, 5) is 34.8. The Hall–Kier alpha value is -3.69. The molecule has 0 amide bonds. The predicted molar refractivity (Wildman–Crippen MR) is 141 cm³/mol. The molecule has 3 heterocycles. The Kier molecular flexibility index (Phi) is 5.82. The van der Waals surface area contributed by atoms with E-state index in [4.69, 9.17) is 4.98 Å². The van der Waals surface area contributed by atoms with E-state index in [9.17, 15) is 14.9 Å². The molecule has 0 aliphatic carbocycles. The summed E-state index contributed by atoms with van der Waals surface area (Å²) < 4.78 is 2.14. The maximum absolute atomic E-state index is 12.8. The van der Waals surface area contributed by atoms with Gasteiger partial charge in [-0.05, 0) is 75.7 Å². The summed E-state index contributed by atoms with van der Waals surface area (Å²) in [6.07, 6.45) is 0. The van der Waals surface area contributed by atoms with Gasteiger partial charge in [0.1, 0.15) is 10.7 Å². The van der Waals surface area contributed by atoms with Crippen LogP contribution in [0.5, 0.6) is 0 Å². The van der Waals surface area contributed by atoms with E-state index in [0.717, 1.165) is 47.7 Å². The summed E-state index contributed by atoms with van der Waals surface area (Å²) in [7, 11) is 0. The highest BCUT2D eigenvalue weighted by molar-refractivity contribution is 7.99. The maximum Gasteiger partial charge on any atom is 0.269 e. The first-order valence-electron chi connectivity index (χ1n) is 10.9. The van der Waals surface area contributed by atoms with Crippen LogP contribution in [0.3, 0.4) is 0 Å². The number of nitrogens with one attached hydrogen (secondary N) is 1. The van der Waals surface area contributed by atoms with E-state index in [0.29, 0.717) is 11.2 Å². The molecular formula is C26H22N4O3S2. The Morgan fingerprint density at radius 1 is 1.00 bits per heavy atom. The number of nitro groups is 1. The van der Waals surface area contributed by atoms with Gasteiger partial charge in [-0.2, -0.15) is 0 Å². The molecule has 35 heavy (non-hydrogen) atoms. The maximum atomic E-state index is 12.8. The second-order valence-electron chi connectivity index (χ2n) is 8.35. The number of benzene rings is 2. The van der Waals surface area contributed by atoms with E-state index in [2.05, 4.69) is 9.55 Å². The number of aromatic nitrogens is 3. The van der Waals surface area contributed by atoms with Crippen molar-refractivity contribution in [3.63, 3.8) is 0 Å². The predicted octanol–water partition coefficient (Wildman–Crippen LogP) is 6.74. The number of rotatable bonds is 5. The minimum absolute atomic E-state index is 0.0818. The smallest absolute Gasteiger partial charge is 0.269 e. The molecule has 0 radical (unpaired) electrons. The Morgan fingerprint density at radius 3 is 2.26 bits per heavy atom. The first kappa shape index (κ1) is 23.1. The Labute approximate surface area is 209 Å². The summed E-state index contributed by atoms with van der Waals surface area (Å²) in [5.41, 5.74) is 4.89. The van der Waals surface area contributed by atoms with Gasteiger partial charge in [0.25, 0.3) is 11.2 Å². The quantitative estimate of drug-likeness (QED) is 0.212. The molecule has 9 heteroatoms. The monoisotopic (exact) mass is 502 g/mol. The summed E-state index contributed by atoms with van der Waals surface area (Å²) >= 11 is 3.09. The van der Waals surface area contributed by atoms with Crippen LogP contribution in [0.2, 0.25) is 0 Å². The largest absolute Gasteiger partial charge is 0.318 e. The third kappa shape index (κ3) is 4.17. The van der Waals surface area contributed by atoms with E-state index in [1.807, 2.05) is 58.0 Å². The highest BCUT2D eigenvalue weighted by Gasteiger charge is 2.17. The second kappa shape index (κ2) is 8.83. The SMILES string of the molecule is Cc1sc2nc(-c3cc(C)n(-c4ccc(Sc5ccc([N+](=O)[O-])cc5)cc4)c3C)[nH]c(=O)c2c1C. The average molecular weight is 503 g/mol. The lowest BCUT2D eigenvalue weighted by Crippen LogP contribution is -2.09. The Bertz CT molecular complexity index is 1650. The van der Waals surface area contributed by atoms with Crippen molar-refractivity contribution in [1.29, 1.82) is 0 Å². The van der Waals surface area contributed by atoms with Crippen LogP contribution in [0.1, 0.15) is 21.8 Å². The molecule has 7 nitrogen and oxygen atoms in total. The molecule has 5 rings (SSSR count). The van der Waals surface area contributed by atoms with Crippen molar-refractivity contribution in [2.75, 3.05) is 0 Å². The molecule has 0 fully saturated rings. The molecule has 0 saturated heterocycles. The molecule has 0 bridgehead atoms. The number of aromatic amines is 1. The van der Waals surface area contributed by atoms with Gasteiger partial charge in [-0.1, -0.05) is 11.8 Å². The van der Waals surface area contributed by atoms with E-state index >= 15 is 0 Å². The summed E-state index contributed by atoms with van der Waals surface area (Å²) in [5.74, 6) is 0.577. The molecule has 0 unspecified atom stereocenters. The van der Waals surface area contributed by atoms with E-state index in [1.165, 1.54) is 12.1 Å². The van der Waals surface area contributed by atoms with Crippen LogP contribution in [0.15, 0.2) is 69.2 Å². The van der Waals surface area contributed by atoms with Crippen LogP contribution in [-0.2, 0) is 0 Å². The highest BCUT2D eigenvalue weighted by atomic mass is 32.2. The van der Waals surface area contributed by atoms with Gasteiger partial charge in [-0.15, -0.1) is 11.3 Å². The Morgan fingerprint density at radius 2 is 1.63 bits per heavy atom. The van der Waals surface area contributed by atoms with Crippen LogP contribution < -0.4 is 5.56 Å². The molecule has 3 aromatic heterocycles. The normalized spacial score (nSPS) is 11.3. The number of hydrogen-bond donors (Lipinski definition) is 1. The first-order valence-corrected chi connectivity index (χ1v) is 12.6. The van der Waals surface area contributed by atoms with Crippen molar-refractivity contribution in [3.05, 3.63) is 96.9 Å². The Balaban J connectivity index is 1.46. The van der Waals surface area contributed by atoms with Crippen molar-refractivity contribution >= 4 is 39.0 Å². The molecule has 0 aliphatic heterocycles. The standard InChI is InChI=1S/C26H22N4O3S2/c1-14-13-22(24-27-25(31)23-15(2)17(4)34-26(23)28-24)16(3)29(14)18-5-9-20(10-6-18)35-21-11-7-19(8-12-21)30(32)33/h5-13H,1-4H3,(H,27,28,31). The fraction of sp³-hybridized carbons (Fsp3) is 0.154. The van der Waals surface area contributed by atoms with E-state index in [-0.39, 0.29) is 11.2 Å². The topological polar surface area (TPSA) is 93.8 Å². The van der Waals surface area contributed by atoms with Crippen molar-refractivity contribution in [1.82, 2.24) is 14.5 Å². The molecule has 2 aromatic carbocycles. The van der Waals surface area contributed by atoms with Crippen molar-refractivity contribution in [2.45, 2.75) is 37.5 Å². The van der Waals surface area contributed by atoms with Gasteiger partial charge < -0.3 is 9.55 Å². The van der Waals surface area contributed by atoms with Crippen molar-refractivity contribution in [3.8, 4) is 17.1 Å². The zero-order chi connectivity index (χ0) is 24.9. The number of hydrogen-bond acceptors (Lipinski definition) is 6. The van der Waals surface area contributed by atoms with E-state index < -0.39 is 4.92 Å². The molecule has 1 N–H and O–H groups in total. The summed E-state index contributed by atoms with van der Waals surface area (Å²) in [5, 5.41) is 11.5.